The summed E-state index contributed by atoms with van der Waals surface area (Å²) in [5.41, 5.74) is 1.28. The maximum atomic E-state index is 13.4. The highest BCUT2D eigenvalue weighted by Crippen LogP contribution is 2.37. The van der Waals surface area contributed by atoms with Crippen LogP contribution in [0.3, 0.4) is 0 Å². The number of amides is 2. The lowest BCUT2D eigenvalue weighted by molar-refractivity contribution is -0.187. The molecule has 1 aromatic carbocycles. The summed E-state index contributed by atoms with van der Waals surface area (Å²) in [5.74, 6) is -0.961. The van der Waals surface area contributed by atoms with Crippen molar-refractivity contribution in [2.75, 3.05) is 57.5 Å². The number of anilines is 1. The van der Waals surface area contributed by atoms with Gasteiger partial charge in [-0.05, 0) is 23.8 Å². The number of carbonyl (C=O) groups is 2. The molecule has 1 aromatic rings. The highest BCUT2D eigenvalue weighted by molar-refractivity contribution is 7.89. The molecule has 1 spiro atoms. The third-order valence-electron chi connectivity index (χ3n) is 6.92. The molecule has 1 atom stereocenters. The van der Waals surface area contributed by atoms with Gasteiger partial charge in [0.05, 0.1) is 31.3 Å². The second-order valence-electron chi connectivity index (χ2n) is 8.85. The Morgan fingerprint density at radius 3 is 2.30 bits per heavy atom. The molecule has 0 N–H and O–H groups in total. The number of piperidine rings is 1. The van der Waals surface area contributed by atoms with E-state index >= 15 is 0 Å². The van der Waals surface area contributed by atoms with Crippen molar-refractivity contribution in [1.82, 2.24) is 9.21 Å². The van der Waals surface area contributed by atoms with Gasteiger partial charge in [-0.25, -0.2) is 8.42 Å². The monoisotopic (exact) mass is 479 g/mol. The first-order valence-corrected chi connectivity index (χ1v) is 12.8. The molecule has 2 amide bonds. The molecule has 0 bridgehead atoms. The number of likely N-dealkylation sites (tertiary alicyclic amines) is 1. The van der Waals surface area contributed by atoms with Crippen molar-refractivity contribution < 1.29 is 32.2 Å². The number of ether oxygens (including phenoxy) is 3. The molecule has 3 saturated heterocycles. The van der Waals surface area contributed by atoms with E-state index < -0.39 is 21.9 Å². The van der Waals surface area contributed by atoms with Gasteiger partial charge < -0.3 is 19.1 Å². The summed E-state index contributed by atoms with van der Waals surface area (Å²) in [5, 5.41) is 0. The summed E-state index contributed by atoms with van der Waals surface area (Å²) in [6, 6.07) is 4.09. The van der Waals surface area contributed by atoms with Gasteiger partial charge >= 0.3 is 0 Å². The largest absolute Gasteiger partial charge is 0.379 e. The first-order valence-electron chi connectivity index (χ1n) is 11.4. The van der Waals surface area contributed by atoms with Crippen LogP contribution >= 0.6 is 0 Å². The van der Waals surface area contributed by atoms with Crippen molar-refractivity contribution in [2.24, 2.45) is 0 Å². The number of hydrogen-bond donors (Lipinski definition) is 0. The normalized spacial score (nSPS) is 25.4. The van der Waals surface area contributed by atoms with Gasteiger partial charge in [0.2, 0.25) is 21.8 Å². The molecule has 1 unspecified atom stereocenters. The fraction of sp³-hybridized carbons (Fsp3) is 0.636. The Kier molecular flexibility index (Phi) is 5.94. The van der Waals surface area contributed by atoms with Crippen LogP contribution in [0.1, 0.15) is 25.3 Å². The van der Waals surface area contributed by atoms with E-state index in [0.717, 1.165) is 0 Å². The standard InChI is InChI=1S/C22H29N3O7S/c1-16(26)25-19-3-2-18(33(28,29)24-8-10-30-11-9-24)14-17(19)15-20(25)21(27)23-6-4-22(5-7-23)31-12-13-32-22/h2-3,14,20H,4-13,15H2,1H3. The second-order valence-corrected chi connectivity index (χ2v) is 10.8. The van der Waals surface area contributed by atoms with Crippen molar-refractivity contribution in [1.29, 1.82) is 0 Å². The van der Waals surface area contributed by atoms with Gasteiger partial charge in [-0.15, -0.1) is 0 Å². The van der Waals surface area contributed by atoms with E-state index in [1.54, 1.807) is 17.0 Å². The summed E-state index contributed by atoms with van der Waals surface area (Å²) in [6.07, 6.45) is 1.48. The molecular weight excluding hydrogens is 450 g/mol. The smallest absolute Gasteiger partial charge is 0.246 e. The van der Waals surface area contributed by atoms with Crippen molar-refractivity contribution in [3.63, 3.8) is 0 Å². The van der Waals surface area contributed by atoms with Crippen LogP contribution in [0.2, 0.25) is 0 Å². The predicted molar refractivity (Wildman–Crippen MR) is 117 cm³/mol. The average molecular weight is 480 g/mol. The molecule has 33 heavy (non-hydrogen) atoms. The Morgan fingerprint density at radius 2 is 1.67 bits per heavy atom. The van der Waals surface area contributed by atoms with Gasteiger partial charge in [0, 0.05) is 58.1 Å². The summed E-state index contributed by atoms with van der Waals surface area (Å²) >= 11 is 0. The minimum atomic E-state index is -3.67. The molecule has 4 heterocycles. The molecule has 4 aliphatic heterocycles. The van der Waals surface area contributed by atoms with Gasteiger partial charge in [0.15, 0.2) is 5.79 Å². The van der Waals surface area contributed by atoms with Crippen LogP contribution in [0.25, 0.3) is 0 Å². The van der Waals surface area contributed by atoms with E-state index in [9.17, 15) is 18.0 Å². The second kappa shape index (κ2) is 8.62. The summed E-state index contributed by atoms with van der Waals surface area (Å²) in [6.45, 7) is 4.91. The Bertz CT molecular complexity index is 1040. The van der Waals surface area contributed by atoms with Gasteiger partial charge in [0.25, 0.3) is 0 Å². The van der Waals surface area contributed by atoms with Crippen molar-refractivity contribution in [2.45, 2.75) is 42.9 Å². The quantitative estimate of drug-likeness (QED) is 0.616. The topological polar surface area (TPSA) is 106 Å². The van der Waals surface area contributed by atoms with Crippen LogP contribution in [-0.2, 0) is 40.2 Å². The lowest BCUT2D eigenvalue weighted by Crippen LogP contribution is -2.54. The number of fused-ring (bicyclic) bond motifs is 1. The highest BCUT2D eigenvalue weighted by Gasteiger charge is 2.45. The van der Waals surface area contributed by atoms with Crippen molar-refractivity contribution in [3.8, 4) is 0 Å². The zero-order valence-corrected chi connectivity index (χ0v) is 19.5. The minimum Gasteiger partial charge on any atom is -0.379 e. The highest BCUT2D eigenvalue weighted by atomic mass is 32.2. The summed E-state index contributed by atoms with van der Waals surface area (Å²) in [7, 11) is -3.67. The lowest BCUT2D eigenvalue weighted by Gasteiger charge is -2.39. The molecule has 180 valence electrons. The van der Waals surface area contributed by atoms with E-state index in [2.05, 4.69) is 0 Å². The van der Waals surface area contributed by atoms with Crippen LogP contribution in [0, 0.1) is 0 Å². The van der Waals surface area contributed by atoms with Crippen LogP contribution in [0.4, 0.5) is 5.69 Å². The summed E-state index contributed by atoms with van der Waals surface area (Å²) < 4.78 is 44.3. The van der Waals surface area contributed by atoms with Gasteiger partial charge in [0.1, 0.15) is 6.04 Å². The van der Waals surface area contributed by atoms with Gasteiger partial charge in [-0.1, -0.05) is 0 Å². The van der Waals surface area contributed by atoms with Crippen molar-refractivity contribution in [3.05, 3.63) is 23.8 Å². The maximum Gasteiger partial charge on any atom is 0.246 e. The fourth-order valence-electron chi connectivity index (χ4n) is 5.18. The number of hydrogen-bond acceptors (Lipinski definition) is 7. The van der Waals surface area contributed by atoms with E-state index in [1.165, 1.54) is 22.2 Å². The Balaban J connectivity index is 1.36. The van der Waals surface area contributed by atoms with Crippen molar-refractivity contribution >= 4 is 27.5 Å². The van der Waals surface area contributed by atoms with E-state index in [1.807, 2.05) is 0 Å². The molecule has 11 heteroatoms. The van der Waals surface area contributed by atoms with Gasteiger partial charge in [-0.2, -0.15) is 4.31 Å². The SMILES string of the molecule is CC(=O)N1c2ccc(S(=O)(=O)N3CCOCC3)cc2CC1C(=O)N1CCC2(CC1)OCCO2. The van der Waals surface area contributed by atoms with Gasteiger partial charge in [-0.3, -0.25) is 14.5 Å². The van der Waals surface area contributed by atoms with E-state index in [-0.39, 0.29) is 23.1 Å². The molecule has 0 radical (unpaired) electrons. The third kappa shape index (κ3) is 4.06. The fourth-order valence-corrected chi connectivity index (χ4v) is 6.63. The molecule has 0 aromatic heterocycles. The Hall–Kier alpha value is -2.05. The Morgan fingerprint density at radius 1 is 1.00 bits per heavy atom. The number of sulfonamides is 1. The molecule has 5 rings (SSSR count). The molecule has 10 nitrogen and oxygen atoms in total. The zero-order chi connectivity index (χ0) is 23.2. The number of rotatable bonds is 3. The third-order valence-corrected chi connectivity index (χ3v) is 8.81. The molecule has 0 saturated carbocycles. The first kappa shape index (κ1) is 22.7. The van der Waals surface area contributed by atoms with Crippen LogP contribution < -0.4 is 4.90 Å². The van der Waals surface area contributed by atoms with Crippen LogP contribution in [0.15, 0.2) is 23.1 Å². The molecule has 3 fully saturated rings. The van der Waals surface area contributed by atoms with Crippen LogP contribution in [0.5, 0.6) is 0 Å². The molecule has 4 aliphatic rings. The number of carbonyl (C=O) groups excluding carboxylic acids is 2. The number of nitrogens with zero attached hydrogens (tertiary/aromatic N) is 3. The van der Waals surface area contributed by atoms with Crippen LogP contribution in [-0.4, -0.2) is 93.9 Å². The zero-order valence-electron chi connectivity index (χ0n) is 18.7. The Labute approximate surface area is 193 Å². The molecular formula is C22H29N3O7S. The number of benzene rings is 1. The maximum absolute atomic E-state index is 13.4. The van der Waals surface area contributed by atoms with E-state index in [4.69, 9.17) is 14.2 Å². The minimum absolute atomic E-state index is 0.133. The predicted octanol–water partition coefficient (Wildman–Crippen LogP) is 0.351. The lowest BCUT2D eigenvalue weighted by atomic mass is 10.0. The van der Waals surface area contributed by atoms with E-state index in [0.29, 0.717) is 76.7 Å². The number of morpholine rings is 1. The molecule has 0 aliphatic carbocycles. The first-order chi connectivity index (χ1) is 15.8. The summed E-state index contributed by atoms with van der Waals surface area (Å²) in [4.78, 5) is 29.4. The average Bonchev–Trinajstić information content (AvgIpc) is 3.44.